The first-order valence-corrected chi connectivity index (χ1v) is 10.2. The summed E-state index contributed by atoms with van der Waals surface area (Å²) >= 11 is 0. The number of carbonyl (C=O) groups excluding carboxylic acids is 2. The Balaban J connectivity index is 1.67. The Morgan fingerprint density at radius 3 is 2.37 bits per heavy atom. The van der Waals surface area contributed by atoms with Crippen molar-refractivity contribution in [2.24, 2.45) is 0 Å². The fourth-order valence-corrected chi connectivity index (χ4v) is 4.76. The Kier molecular flexibility index (Phi) is 5.27. The van der Waals surface area contributed by atoms with Crippen molar-refractivity contribution in [3.63, 3.8) is 0 Å². The fraction of sp³-hybridized carbons (Fsp3) is 0.263. The smallest absolute Gasteiger partial charge is 0.255 e. The summed E-state index contributed by atoms with van der Waals surface area (Å²) in [4.78, 5) is 26.2. The lowest BCUT2D eigenvalue weighted by Gasteiger charge is -2.23. The Hall–Kier alpha value is -2.74. The number of amides is 2. The average Bonchev–Trinajstić information content (AvgIpc) is 3.00. The molecular weight excluding hydrogens is 371 g/mol. The maximum Gasteiger partial charge on any atom is 0.255 e. The summed E-state index contributed by atoms with van der Waals surface area (Å²) in [6.07, 6.45) is 0.429. The van der Waals surface area contributed by atoms with Gasteiger partial charge in [0.25, 0.3) is 11.8 Å². The highest BCUT2D eigenvalue weighted by Crippen LogP contribution is 2.19. The predicted octanol–water partition coefficient (Wildman–Crippen LogP) is 2.34. The Morgan fingerprint density at radius 1 is 1.11 bits per heavy atom. The molecule has 1 aliphatic heterocycles. The molecule has 3 rings (SSSR count). The maximum atomic E-state index is 13.2. The zero-order valence-electron chi connectivity index (χ0n) is 14.7. The van der Waals surface area contributed by atoms with Gasteiger partial charge in [-0.25, -0.2) is 12.8 Å². The van der Waals surface area contributed by atoms with Gasteiger partial charge in [0.1, 0.15) is 5.82 Å². The number of hydrogen-bond donors (Lipinski definition) is 1. The molecule has 1 N–H and O–H groups in total. The highest BCUT2D eigenvalue weighted by atomic mass is 32.2. The van der Waals surface area contributed by atoms with Gasteiger partial charge in [-0.3, -0.25) is 9.59 Å². The largest absolute Gasteiger partial charge is 0.338 e. The number of halogens is 1. The fourth-order valence-electron chi connectivity index (χ4n) is 2.98. The van der Waals surface area contributed by atoms with Crippen LogP contribution in [0.5, 0.6) is 0 Å². The molecule has 1 saturated heterocycles. The SMILES string of the molecule is CN(C(=O)c1ccc(C(=O)Nc2cccc(F)c2)cc1)C1CCS(=O)(=O)C1. The zero-order chi connectivity index (χ0) is 19.6. The van der Waals surface area contributed by atoms with Gasteiger partial charge in [0.2, 0.25) is 0 Å². The second-order valence-corrected chi connectivity index (χ2v) is 8.74. The molecule has 0 bridgehead atoms. The topological polar surface area (TPSA) is 83.6 Å². The molecule has 6 nitrogen and oxygen atoms in total. The van der Waals surface area contributed by atoms with Crippen LogP contribution in [0, 0.1) is 5.82 Å². The monoisotopic (exact) mass is 390 g/mol. The lowest BCUT2D eigenvalue weighted by molar-refractivity contribution is 0.0747. The van der Waals surface area contributed by atoms with Gasteiger partial charge in [0.05, 0.1) is 11.5 Å². The van der Waals surface area contributed by atoms with Gasteiger partial charge in [-0.2, -0.15) is 0 Å². The highest BCUT2D eigenvalue weighted by molar-refractivity contribution is 7.91. The molecular formula is C19H19FN2O4S. The summed E-state index contributed by atoms with van der Waals surface area (Å²) in [7, 11) is -1.50. The Bertz CT molecular complexity index is 973. The van der Waals surface area contributed by atoms with Crippen molar-refractivity contribution < 1.29 is 22.4 Å². The number of sulfone groups is 1. The van der Waals surface area contributed by atoms with E-state index in [1.54, 1.807) is 13.1 Å². The van der Waals surface area contributed by atoms with E-state index in [-0.39, 0.29) is 23.5 Å². The van der Waals surface area contributed by atoms with Gasteiger partial charge in [-0.1, -0.05) is 6.07 Å². The van der Waals surface area contributed by atoms with E-state index in [1.807, 2.05) is 0 Å². The van der Waals surface area contributed by atoms with E-state index in [2.05, 4.69) is 5.32 Å². The summed E-state index contributed by atoms with van der Waals surface area (Å²) in [5, 5.41) is 2.58. The molecule has 1 aliphatic rings. The maximum absolute atomic E-state index is 13.2. The number of nitrogens with zero attached hydrogens (tertiary/aromatic N) is 1. The van der Waals surface area contributed by atoms with Crippen LogP contribution in [0.2, 0.25) is 0 Å². The second-order valence-electron chi connectivity index (χ2n) is 6.51. The Morgan fingerprint density at radius 2 is 1.78 bits per heavy atom. The Labute approximate surface area is 156 Å². The molecule has 1 unspecified atom stereocenters. The number of rotatable bonds is 4. The number of carbonyl (C=O) groups is 2. The van der Waals surface area contributed by atoms with Crippen molar-refractivity contribution in [2.45, 2.75) is 12.5 Å². The van der Waals surface area contributed by atoms with E-state index >= 15 is 0 Å². The summed E-state index contributed by atoms with van der Waals surface area (Å²) in [5.74, 6) is -1.10. The lowest BCUT2D eigenvalue weighted by atomic mass is 10.1. The van der Waals surface area contributed by atoms with Gasteiger partial charge in [0.15, 0.2) is 9.84 Å². The van der Waals surface area contributed by atoms with Crippen LogP contribution in [0.25, 0.3) is 0 Å². The molecule has 2 aromatic rings. The van der Waals surface area contributed by atoms with Crippen LogP contribution in [0.1, 0.15) is 27.1 Å². The van der Waals surface area contributed by atoms with Crippen LogP contribution in [0.3, 0.4) is 0 Å². The van der Waals surface area contributed by atoms with E-state index in [0.29, 0.717) is 23.2 Å². The van der Waals surface area contributed by atoms with Crippen LogP contribution in [-0.4, -0.2) is 49.7 Å². The standard InChI is InChI=1S/C19H19FN2O4S/c1-22(17-9-10-27(25,26)12-17)19(24)14-7-5-13(6-8-14)18(23)21-16-4-2-3-15(20)11-16/h2-8,11,17H,9-10,12H2,1H3,(H,21,23). The minimum absolute atomic E-state index is 0.0244. The molecule has 0 radical (unpaired) electrons. The summed E-state index contributed by atoms with van der Waals surface area (Å²) in [5.41, 5.74) is 1.02. The minimum Gasteiger partial charge on any atom is -0.338 e. The first kappa shape index (κ1) is 19.0. The number of anilines is 1. The van der Waals surface area contributed by atoms with Crippen molar-refractivity contribution >= 4 is 27.3 Å². The third-order valence-electron chi connectivity index (χ3n) is 4.55. The van der Waals surface area contributed by atoms with Crippen molar-refractivity contribution in [3.05, 3.63) is 65.5 Å². The molecule has 1 fully saturated rings. The van der Waals surface area contributed by atoms with E-state index in [1.165, 1.54) is 47.4 Å². The van der Waals surface area contributed by atoms with Gasteiger partial charge >= 0.3 is 0 Å². The third-order valence-corrected chi connectivity index (χ3v) is 6.30. The van der Waals surface area contributed by atoms with Crippen molar-refractivity contribution in [1.29, 1.82) is 0 Å². The number of benzene rings is 2. The molecule has 0 aromatic heterocycles. The van der Waals surface area contributed by atoms with Crippen LogP contribution < -0.4 is 5.32 Å². The van der Waals surface area contributed by atoms with Crippen LogP contribution >= 0.6 is 0 Å². The summed E-state index contributed by atoms with van der Waals surface area (Å²) < 4.78 is 36.4. The molecule has 0 saturated carbocycles. The molecule has 1 atom stereocenters. The second kappa shape index (κ2) is 7.48. The minimum atomic E-state index is -3.08. The van der Waals surface area contributed by atoms with E-state index < -0.39 is 21.6 Å². The van der Waals surface area contributed by atoms with E-state index in [0.717, 1.165) is 0 Å². The molecule has 1 heterocycles. The lowest BCUT2D eigenvalue weighted by Crippen LogP contribution is -2.37. The molecule has 2 amide bonds. The highest BCUT2D eigenvalue weighted by Gasteiger charge is 2.33. The molecule has 8 heteroatoms. The zero-order valence-corrected chi connectivity index (χ0v) is 15.5. The third kappa shape index (κ3) is 4.51. The van der Waals surface area contributed by atoms with Crippen LogP contribution in [0.4, 0.5) is 10.1 Å². The first-order valence-electron chi connectivity index (χ1n) is 8.40. The van der Waals surface area contributed by atoms with E-state index in [4.69, 9.17) is 0 Å². The molecule has 142 valence electrons. The molecule has 27 heavy (non-hydrogen) atoms. The normalized spacial score (nSPS) is 18.1. The van der Waals surface area contributed by atoms with Crippen molar-refractivity contribution in [1.82, 2.24) is 4.90 Å². The number of hydrogen-bond acceptors (Lipinski definition) is 4. The van der Waals surface area contributed by atoms with Gasteiger partial charge < -0.3 is 10.2 Å². The van der Waals surface area contributed by atoms with Gasteiger partial charge in [-0.15, -0.1) is 0 Å². The van der Waals surface area contributed by atoms with Crippen LogP contribution in [-0.2, 0) is 9.84 Å². The number of nitrogens with one attached hydrogen (secondary N) is 1. The molecule has 2 aromatic carbocycles. The molecule has 0 aliphatic carbocycles. The first-order chi connectivity index (χ1) is 12.7. The summed E-state index contributed by atoms with van der Waals surface area (Å²) in [6.45, 7) is 0. The summed E-state index contributed by atoms with van der Waals surface area (Å²) in [6, 6.07) is 11.3. The van der Waals surface area contributed by atoms with Crippen molar-refractivity contribution in [2.75, 3.05) is 23.9 Å². The van der Waals surface area contributed by atoms with E-state index in [9.17, 15) is 22.4 Å². The average molecular weight is 390 g/mol. The van der Waals surface area contributed by atoms with Crippen molar-refractivity contribution in [3.8, 4) is 0 Å². The quantitative estimate of drug-likeness (QED) is 0.869. The van der Waals surface area contributed by atoms with Gasteiger partial charge in [-0.05, 0) is 48.9 Å². The van der Waals surface area contributed by atoms with Crippen LogP contribution in [0.15, 0.2) is 48.5 Å². The van der Waals surface area contributed by atoms with Gasteiger partial charge in [0, 0.05) is 29.9 Å². The molecule has 0 spiro atoms. The predicted molar refractivity (Wildman–Crippen MR) is 99.9 cm³/mol.